The molecular weight excluding hydrogens is 409 g/mol. The molecule has 0 aliphatic carbocycles. The number of imide groups is 1. The van der Waals surface area contributed by atoms with Gasteiger partial charge in [0.05, 0.1) is 21.8 Å². The van der Waals surface area contributed by atoms with Gasteiger partial charge < -0.3 is 0 Å². The van der Waals surface area contributed by atoms with Crippen molar-refractivity contribution >= 4 is 61.0 Å². The Bertz CT molecular complexity index is 761. The summed E-state index contributed by atoms with van der Waals surface area (Å²) in [6.45, 7) is 0. The lowest BCUT2D eigenvalue weighted by Crippen LogP contribution is -2.29. The lowest BCUT2D eigenvalue weighted by Gasteiger charge is -2.15. The third-order valence-corrected chi connectivity index (χ3v) is 4.30. The molecule has 3 rings (SSSR count). The molecule has 1 aliphatic heterocycles. The van der Waals surface area contributed by atoms with Gasteiger partial charge in [0.1, 0.15) is 0 Å². The highest BCUT2D eigenvalue weighted by Crippen LogP contribution is 2.35. The van der Waals surface area contributed by atoms with Gasteiger partial charge in [0, 0.05) is 8.95 Å². The van der Waals surface area contributed by atoms with Crippen molar-refractivity contribution in [1.29, 1.82) is 0 Å². The van der Waals surface area contributed by atoms with Crippen LogP contribution in [0.15, 0.2) is 45.3 Å². The van der Waals surface area contributed by atoms with Crippen LogP contribution in [0, 0.1) is 0 Å². The molecule has 3 nitrogen and oxygen atoms in total. The Morgan fingerprint density at radius 3 is 2.20 bits per heavy atom. The summed E-state index contributed by atoms with van der Waals surface area (Å²) in [5.74, 6) is -0.733. The zero-order chi connectivity index (χ0) is 14.4. The van der Waals surface area contributed by atoms with Crippen LogP contribution in [0.3, 0.4) is 0 Å². The van der Waals surface area contributed by atoms with E-state index in [4.69, 9.17) is 11.6 Å². The van der Waals surface area contributed by atoms with Gasteiger partial charge in [-0.05, 0) is 36.4 Å². The molecule has 0 saturated heterocycles. The Kier molecular flexibility index (Phi) is 3.44. The van der Waals surface area contributed by atoms with Crippen LogP contribution in [-0.4, -0.2) is 11.8 Å². The summed E-state index contributed by atoms with van der Waals surface area (Å²) in [5.41, 5.74) is 1.14. The second-order valence-corrected chi connectivity index (χ2v) is 6.47. The van der Waals surface area contributed by atoms with E-state index in [2.05, 4.69) is 31.9 Å². The highest BCUT2D eigenvalue weighted by atomic mass is 79.9. The number of carbonyl (C=O) groups is 2. The first-order valence-electron chi connectivity index (χ1n) is 5.62. The van der Waals surface area contributed by atoms with Gasteiger partial charge in [-0.15, -0.1) is 0 Å². The number of rotatable bonds is 1. The zero-order valence-corrected chi connectivity index (χ0v) is 13.8. The van der Waals surface area contributed by atoms with Gasteiger partial charge in [-0.2, -0.15) is 0 Å². The van der Waals surface area contributed by atoms with Crippen LogP contribution >= 0.6 is 43.5 Å². The summed E-state index contributed by atoms with van der Waals surface area (Å²) in [4.78, 5) is 25.9. The number of anilines is 1. The largest absolute Gasteiger partial charge is 0.268 e. The number of halogens is 3. The highest BCUT2D eigenvalue weighted by molar-refractivity contribution is 9.10. The Hall–Kier alpha value is -1.17. The van der Waals surface area contributed by atoms with Crippen molar-refractivity contribution in [3.8, 4) is 0 Å². The number of hydrogen-bond donors (Lipinski definition) is 0. The molecule has 0 unspecified atom stereocenters. The molecule has 1 heterocycles. The Balaban J connectivity index is 2.16. The molecule has 0 fully saturated rings. The van der Waals surface area contributed by atoms with Crippen molar-refractivity contribution in [3.05, 3.63) is 61.5 Å². The molecule has 0 atom stereocenters. The third kappa shape index (κ3) is 2.10. The molecule has 20 heavy (non-hydrogen) atoms. The molecule has 1 aliphatic rings. The van der Waals surface area contributed by atoms with Crippen LogP contribution in [0.25, 0.3) is 0 Å². The molecule has 2 amide bonds. The molecule has 0 bridgehead atoms. The molecule has 0 radical (unpaired) electrons. The fourth-order valence-corrected chi connectivity index (χ4v) is 3.00. The summed E-state index contributed by atoms with van der Waals surface area (Å²) in [6, 6.07) is 10.0. The van der Waals surface area contributed by atoms with Gasteiger partial charge in [-0.25, -0.2) is 4.90 Å². The van der Waals surface area contributed by atoms with Gasteiger partial charge >= 0.3 is 0 Å². The van der Waals surface area contributed by atoms with Crippen molar-refractivity contribution in [2.75, 3.05) is 4.90 Å². The van der Waals surface area contributed by atoms with Crippen LogP contribution in [0.1, 0.15) is 20.7 Å². The van der Waals surface area contributed by atoms with Crippen molar-refractivity contribution in [3.63, 3.8) is 0 Å². The van der Waals surface area contributed by atoms with Crippen molar-refractivity contribution in [2.45, 2.75) is 0 Å². The Morgan fingerprint density at radius 2 is 1.45 bits per heavy atom. The van der Waals surface area contributed by atoms with E-state index in [1.54, 1.807) is 36.4 Å². The number of benzene rings is 2. The van der Waals surface area contributed by atoms with Crippen molar-refractivity contribution in [1.82, 2.24) is 0 Å². The molecule has 0 aromatic heterocycles. The average Bonchev–Trinajstić information content (AvgIpc) is 2.65. The minimum Gasteiger partial charge on any atom is -0.268 e. The van der Waals surface area contributed by atoms with Crippen LogP contribution in [0.2, 0.25) is 5.02 Å². The van der Waals surface area contributed by atoms with Gasteiger partial charge in [-0.1, -0.05) is 43.5 Å². The predicted molar refractivity (Wildman–Crippen MR) is 84.4 cm³/mol. The van der Waals surface area contributed by atoms with E-state index >= 15 is 0 Å². The summed E-state index contributed by atoms with van der Waals surface area (Å²) in [6.07, 6.45) is 0. The minimum atomic E-state index is -0.369. The van der Waals surface area contributed by atoms with Crippen LogP contribution in [-0.2, 0) is 0 Å². The summed E-state index contributed by atoms with van der Waals surface area (Å²) in [5, 5.41) is 0.349. The molecule has 6 heteroatoms. The lowest BCUT2D eigenvalue weighted by molar-refractivity contribution is 0.0926. The maximum absolute atomic E-state index is 12.4. The third-order valence-electron chi connectivity index (χ3n) is 3.00. The van der Waals surface area contributed by atoms with E-state index in [0.29, 0.717) is 21.8 Å². The number of fused-ring (bicyclic) bond motifs is 1. The number of amides is 2. The van der Waals surface area contributed by atoms with Crippen LogP contribution in [0.5, 0.6) is 0 Å². The van der Waals surface area contributed by atoms with E-state index in [1.807, 2.05) is 0 Å². The van der Waals surface area contributed by atoms with Gasteiger partial charge in [0.15, 0.2) is 0 Å². The highest BCUT2D eigenvalue weighted by Gasteiger charge is 2.37. The van der Waals surface area contributed by atoms with Crippen LogP contribution < -0.4 is 4.90 Å². The molecule has 2 aromatic carbocycles. The van der Waals surface area contributed by atoms with Crippen molar-refractivity contribution in [2.24, 2.45) is 0 Å². The van der Waals surface area contributed by atoms with E-state index in [1.165, 1.54) is 0 Å². The zero-order valence-electron chi connectivity index (χ0n) is 9.86. The quantitative estimate of drug-likeness (QED) is 0.635. The lowest BCUT2D eigenvalue weighted by atomic mass is 10.1. The van der Waals surface area contributed by atoms with E-state index in [-0.39, 0.29) is 11.8 Å². The van der Waals surface area contributed by atoms with Gasteiger partial charge in [0.25, 0.3) is 11.8 Å². The summed E-state index contributed by atoms with van der Waals surface area (Å²) < 4.78 is 1.49. The predicted octanol–water partition coefficient (Wildman–Crippen LogP) is 4.67. The Labute approximate surface area is 136 Å². The topological polar surface area (TPSA) is 37.4 Å². The SMILES string of the molecule is O=C1c2ccc(Br)cc2C(=O)N1c1cc(Br)ccc1Cl. The van der Waals surface area contributed by atoms with E-state index in [0.717, 1.165) is 13.8 Å². The Morgan fingerprint density at radius 1 is 0.850 bits per heavy atom. The fourth-order valence-electron chi connectivity index (χ4n) is 2.09. The maximum atomic E-state index is 12.4. The normalized spacial score (nSPS) is 13.8. The first-order valence-corrected chi connectivity index (χ1v) is 7.59. The molecule has 0 spiro atoms. The van der Waals surface area contributed by atoms with Gasteiger partial charge in [0.2, 0.25) is 0 Å². The second-order valence-electron chi connectivity index (χ2n) is 4.23. The first kappa shape index (κ1) is 13.8. The molecular formula is C14H6Br2ClNO2. The maximum Gasteiger partial charge on any atom is 0.266 e. The smallest absolute Gasteiger partial charge is 0.266 e. The fraction of sp³-hybridized carbons (Fsp3) is 0. The number of carbonyl (C=O) groups excluding carboxylic acids is 2. The molecule has 0 saturated carbocycles. The molecule has 0 N–H and O–H groups in total. The molecule has 100 valence electrons. The van der Waals surface area contributed by atoms with E-state index < -0.39 is 0 Å². The first-order chi connectivity index (χ1) is 9.49. The minimum absolute atomic E-state index is 0.349. The standard InChI is InChI=1S/C14H6Br2ClNO2/c15-7-1-3-9-10(5-7)14(20)18(13(9)19)12-6-8(16)2-4-11(12)17/h1-6H. The molecule has 2 aromatic rings. The second kappa shape index (κ2) is 4.98. The van der Waals surface area contributed by atoms with Crippen LogP contribution in [0.4, 0.5) is 5.69 Å². The number of nitrogens with zero attached hydrogens (tertiary/aromatic N) is 1. The van der Waals surface area contributed by atoms with E-state index in [9.17, 15) is 9.59 Å². The summed E-state index contributed by atoms with van der Waals surface area (Å²) in [7, 11) is 0. The van der Waals surface area contributed by atoms with Gasteiger partial charge in [-0.3, -0.25) is 9.59 Å². The van der Waals surface area contributed by atoms with Crippen molar-refractivity contribution < 1.29 is 9.59 Å². The summed E-state index contributed by atoms with van der Waals surface area (Å²) >= 11 is 12.7. The monoisotopic (exact) mass is 413 g/mol. The number of hydrogen-bond acceptors (Lipinski definition) is 2. The average molecular weight is 415 g/mol.